The molecule has 1 aliphatic heterocycles. The van der Waals surface area contributed by atoms with Gasteiger partial charge in [-0.3, -0.25) is 9.69 Å². The van der Waals surface area contributed by atoms with Gasteiger partial charge in [0.25, 0.3) is 0 Å². The second-order valence-electron chi connectivity index (χ2n) is 5.81. The molecule has 0 aromatic heterocycles. The third-order valence-corrected chi connectivity index (χ3v) is 4.27. The first kappa shape index (κ1) is 15.6. The van der Waals surface area contributed by atoms with Gasteiger partial charge >= 0.3 is 0 Å². The van der Waals surface area contributed by atoms with Crippen LogP contribution < -0.4 is 0 Å². The third-order valence-electron chi connectivity index (χ3n) is 3.80. The van der Waals surface area contributed by atoms with Crippen LogP contribution in [0, 0.1) is 0 Å². The Morgan fingerprint density at radius 3 is 2.70 bits per heavy atom. The highest BCUT2D eigenvalue weighted by Gasteiger charge is 2.35. The molecule has 1 aromatic rings. The molecule has 0 bridgehead atoms. The van der Waals surface area contributed by atoms with E-state index in [0.29, 0.717) is 6.54 Å². The van der Waals surface area contributed by atoms with E-state index < -0.39 is 0 Å². The lowest BCUT2D eigenvalue weighted by Gasteiger charge is -2.47. The van der Waals surface area contributed by atoms with Gasteiger partial charge in [-0.25, -0.2) is 0 Å². The number of hydrogen-bond donors (Lipinski definition) is 0. The largest absolute Gasteiger partial charge is 0.339 e. The van der Waals surface area contributed by atoms with Crippen molar-refractivity contribution in [1.29, 1.82) is 0 Å². The molecule has 0 saturated carbocycles. The zero-order valence-electron chi connectivity index (χ0n) is 11.9. The first-order valence-electron chi connectivity index (χ1n) is 6.75. The maximum Gasteiger partial charge on any atom is 0.237 e. The van der Waals surface area contributed by atoms with Crippen molar-refractivity contribution in [3.05, 3.63) is 34.9 Å². The molecule has 0 spiro atoms. The molecule has 5 heteroatoms. The second-order valence-corrected chi connectivity index (χ2v) is 6.52. The molecule has 1 heterocycles. The SMILES string of the molecule is CC1(C)CN(C(=O)CCl)CCN1Cc1cccc(Cl)c1. The summed E-state index contributed by atoms with van der Waals surface area (Å²) in [6.07, 6.45) is 0. The lowest BCUT2D eigenvalue weighted by atomic mass is 9.97. The van der Waals surface area contributed by atoms with E-state index in [2.05, 4.69) is 24.8 Å². The smallest absolute Gasteiger partial charge is 0.237 e. The summed E-state index contributed by atoms with van der Waals surface area (Å²) >= 11 is 11.7. The number of carbonyl (C=O) groups is 1. The van der Waals surface area contributed by atoms with E-state index in [1.165, 1.54) is 5.56 Å². The van der Waals surface area contributed by atoms with E-state index in [-0.39, 0.29) is 17.3 Å². The molecular formula is C15H20Cl2N2O. The predicted octanol–water partition coefficient (Wildman–Crippen LogP) is 3.00. The van der Waals surface area contributed by atoms with Crippen molar-refractivity contribution in [3.8, 4) is 0 Å². The number of nitrogens with zero attached hydrogens (tertiary/aromatic N) is 2. The predicted molar refractivity (Wildman–Crippen MR) is 83.2 cm³/mol. The molecule has 2 rings (SSSR count). The monoisotopic (exact) mass is 314 g/mol. The van der Waals surface area contributed by atoms with Crippen molar-refractivity contribution in [3.63, 3.8) is 0 Å². The molecule has 110 valence electrons. The molecule has 1 aliphatic rings. The minimum absolute atomic E-state index is 0.0159. The highest BCUT2D eigenvalue weighted by molar-refractivity contribution is 6.30. The Labute approximate surface area is 130 Å². The number of rotatable bonds is 3. The first-order valence-corrected chi connectivity index (χ1v) is 7.67. The normalized spacial score (nSPS) is 19.1. The number of hydrogen-bond acceptors (Lipinski definition) is 2. The van der Waals surface area contributed by atoms with E-state index in [9.17, 15) is 4.79 Å². The number of alkyl halides is 1. The van der Waals surface area contributed by atoms with Crippen molar-refractivity contribution in [1.82, 2.24) is 9.80 Å². The standard InChI is InChI=1S/C15H20Cl2N2O/c1-15(2)11-18(14(20)9-16)6-7-19(15)10-12-4-3-5-13(17)8-12/h3-5,8H,6-7,9-11H2,1-2H3. The van der Waals surface area contributed by atoms with E-state index in [1.54, 1.807) is 0 Å². The average molecular weight is 315 g/mol. The molecular weight excluding hydrogens is 295 g/mol. The third kappa shape index (κ3) is 3.66. The van der Waals surface area contributed by atoms with Gasteiger partial charge in [0.15, 0.2) is 0 Å². The average Bonchev–Trinajstić information content (AvgIpc) is 2.40. The van der Waals surface area contributed by atoms with Crippen LogP contribution in [0.25, 0.3) is 0 Å². The molecule has 3 nitrogen and oxygen atoms in total. The summed E-state index contributed by atoms with van der Waals surface area (Å²) in [5.41, 5.74) is 1.13. The molecule has 0 aliphatic carbocycles. The van der Waals surface area contributed by atoms with Gasteiger partial charge in [-0.05, 0) is 31.5 Å². The van der Waals surface area contributed by atoms with Crippen LogP contribution in [0.4, 0.5) is 0 Å². The number of benzene rings is 1. The minimum Gasteiger partial charge on any atom is -0.339 e. The van der Waals surface area contributed by atoms with Crippen LogP contribution in [0.2, 0.25) is 5.02 Å². The Hall–Kier alpha value is -0.770. The van der Waals surface area contributed by atoms with Gasteiger partial charge in [0.1, 0.15) is 5.88 Å². The minimum atomic E-state index is -0.0672. The topological polar surface area (TPSA) is 23.6 Å². The lowest BCUT2D eigenvalue weighted by Crippen LogP contribution is -2.60. The van der Waals surface area contributed by atoms with E-state index in [4.69, 9.17) is 23.2 Å². The summed E-state index contributed by atoms with van der Waals surface area (Å²) < 4.78 is 0. The lowest BCUT2D eigenvalue weighted by molar-refractivity contribution is -0.133. The Balaban J connectivity index is 2.05. The Kier molecular flexibility index (Phi) is 4.95. The number of carbonyl (C=O) groups excluding carboxylic acids is 1. The van der Waals surface area contributed by atoms with Gasteiger partial charge in [-0.2, -0.15) is 0 Å². The molecule has 1 fully saturated rings. The van der Waals surface area contributed by atoms with Crippen molar-refractivity contribution in [2.45, 2.75) is 25.9 Å². The van der Waals surface area contributed by atoms with Crippen LogP contribution in [0.15, 0.2) is 24.3 Å². The molecule has 0 radical (unpaired) electrons. The molecule has 1 amide bonds. The fraction of sp³-hybridized carbons (Fsp3) is 0.533. The number of piperazine rings is 1. The second kappa shape index (κ2) is 6.33. The summed E-state index contributed by atoms with van der Waals surface area (Å²) in [5, 5.41) is 0.760. The molecule has 0 N–H and O–H groups in total. The molecule has 1 saturated heterocycles. The summed E-state index contributed by atoms with van der Waals surface area (Å²) in [6, 6.07) is 7.93. The van der Waals surface area contributed by atoms with Crippen LogP contribution in [-0.4, -0.2) is 46.8 Å². The molecule has 1 aromatic carbocycles. The Morgan fingerprint density at radius 1 is 1.35 bits per heavy atom. The van der Waals surface area contributed by atoms with Crippen LogP contribution >= 0.6 is 23.2 Å². The van der Waals surface area contributed by atoms with E-state index >= 15 is 0 Å². The van der Waals surface area contributed by atoms with Crippen molar-refractivity contribution in [2.75, 3.05) is 25.5 Å². The molecule has 20 heavy (non-hydrogen) atoms. The zero-order valence-corrected chi connectivity index (χ0v) is 13.4. The van der Waals surface area contributed by atoms with Crippen molar-refractivity contribution in [2.24, 2.45) is 0 Å². The number of halogens is 2. The number of amides is 1. The van der Waals surface area contributed by atoms with Crippen LogP contribution in [0.3, 0.4) is 0 Å². The molecule has 0 atom stereocenters. The van der Waals surface area contributed by atoms with Gasteiger partial charge in [0.05, 0.1) is 0 Å². The summed E-state index contributed by atoms with van der Waals surface area (Å²) in [7, 11) is 0. The Morgan fingerprint density at radius 2 is 2.10 bits per heavy atom. The quantitative estimate of drug-likeness (QED) is 0.801. The van der Waals surface area contributed by atoms with E-state index in [1.807, 2.05) is 23.1 Å². The maximum absolute atomic E-state index is 11.7. The zero-order chi connectivity index (χ0) is 14.8. The first-order chi connectivity index (χ1) is 9.42. The fourth-order valence-corrected chi connectivity index (χ4v) is 3.02. The van der Waals surface area contributed by atoms with Crippen molar-refractivity contribution < 1.29 is 4.79 Å². The van der Waals surface area contributed by atoms with Gasteiger partial charge < -0.3 is 4.90 Å². The summed E-state index contributed by atoms with van der Waals surface area (Å²) in [6.45, 7) is 7.45. The van der Waals surface area contributed by atoms with Crippen LogP contribution in [0.1, 0.15) is 19.4 Å². The van der Waals surface area contributed by atoms with Crippen LogP contribution in [0.5, 0.6) is 0 Å². The van der Waals surface area contributed by atoms with Gasteiger partial charge in [-0.15, -0.1) is 11.6 Å². The van der Waals surface area contributed by atoms with Crippen LogP contribution in [-0.2, 0) is 11.3 Å². The van der Waals surface area contributed by atoms with Gasteiger partial charge in [0, 0.05) is 36.7 Å². The van der Waals surface area contributed by atoms with Gasteiger partial charge in [0.2, 0.25) is 5.91 Å². The maximum atomic E-state index is 11.7. The summed E-state index contributed by atoms with van der Waals surface area (Å²) in [4.78, 5) is 16.0. The van der Waals surface area contributed by atoms with Crippen molar-refractivity contribution >= 4 is 29.1 Å². The fourth-order valence-electron chi connectivity index (χ4n) is 2.64. The summed E-state index contributed by atoms with van der Waals surface area (Å²) in [5.74, 6) is 0.0758. The highest BCUT2D eigenvalue weighted by Crippen LogP contribution is 2.24. The molecule has 0 unspecified atom stereocenters. The Bertz CT molecular complexity index is 491. The van der Waals surface area contributed by atoms with Gasteiger partial charge in [-0.1, -0.05) is 23.7 Å². The highest BCUT2D eigenvalue weighted by atomic mass is 35.5. The van der Waals surface area contributed by atoms with E-state index in [0.717, 1.165) is 24.7 Å².